The number of hydrogen-bond donors (Lipinski definition) is 1. The molecule has 3 heterocycles. The Morgan fingerprint density at radius 1 is 1.00 bits per heavy atom. The van der Waals surface area contributed by atoms with Crippen LogP contribution in [-0.2, 0) is 4.79 Å². The van der Waals surface area contributed by atoms with Gasteiger partial charge < -0.3 is 19.4 Å². The van der Waals surface area contributed by atoms with Crippen LogP contribution in [0.25, 0.3) is 11.0 Å². The molecule has 0 aliphatic carbocycles. The van der Waals surface area contributed by atoms with Gasteiger partial charge in [-0.25, -0.2) is 4.79 Å². The third-order valence-electron chi connectivity index (χ3n) is 5.92. The first-order chi connectivity index (χ1) is 15.5. The molecule has 0 spiro atoms. The van der Waals surface area contributed by atoms with Crippen LogP contribution in [0.15, 0.2) is 57.7 Å². The maximum atomic E-state index is 13.0. The van der Waals surface area contributed by atoms with Crippen molar-refractivity contribution in [2.24, 2.45) is 5.92 Å². The standard InChI is InChI=1S/C24H20N2O6/c27-21-13-31-20-6-5-16(12-18(20)25-21)22(28)14-7-9-26(10-8-14)23(29)17-11-15-3-1-2-4-19(15)32-24(17)30/h1-6,11-12,14H,7-10,13H2,(H,25,27). The predicted molar refractivity (Wildman–Crippen MR) is 116 cm³/mol. The molecule has 0 unspecified atom stereocenters. The molecule has 2 amide bonds. The highest BCUT2D eigenvalue weighted by Crippen LogP contribution is 2.31. The third kappa shape index (κ3) is 3.64. The van der Waals surface area contributed by atoms with Gasteiger partial charge in [-0.05, 0) is 43.2 Å². The predicted octanol–water partition coefficient (Wildman–Crippen LogP) is 2.86. The molecular weight excluding hydrogens is 412 g/mol. The normalized spacial score (nSPS) is 16.2. The third-order valence-corrected chi connectivity index (χ3v) is 5.92. The van der Waals surface area contributed by atoms with Crippen molar-refractivity contribution in [3.8, 4) is 5.75 Å². The summed E-state index contributed by atoms with van der Waals surface area (Å²) in [6, 6.07) is 13.6. The number of nitrogens with one attached hydrogen (secondary N) is 1. The molecule has 1 saturated heterocycles. The van der Waals surface area contributed by atoms with Gasteiger partial charge in [0.05, 0.1) is 5.69 Å². The maximum absolute atomic E-state index is 13.0. The van der Waals surface area contributed by atoms with Crippen LogP contribution in [0.1, 0.15) is 33.6 Å². The average Bonchev–Trinajstić information content (AvgIpc) is 2.82. The number of anilines is 1. The second-order valence-corrected chi connectivity index (χ2v) is 7.96. The van der Waals surface area contributed by atoms with Gasteiger partial charge in [0, 0.05) is 30.0 Å². The van der Waals surface area contributed by atoms with Gasteiger partial charge >= 0.3 is 5.63 Å². The van der Waals surface area contributed by atoms with E-state index in [1.807, 2.05) is 6.07 Å². The lowest BCUT2D eigenvalue weighted by molar-refractivity contribution is -0.118. The number of para-hydroxylation sites is 1. The lowest BCUT2D eigenvalue weighted by atomic mass is 9.88. The van der Waals surface area contributed by atoms with Gasteiger partial charge in [-0.2, -0.15) is 0 Å². The van der Waals surface area contributed by atoms with Gasteiger partial charge in [0.25, 0.3) is 11.8 Å². The van der Waals surface area contributed by atoms with E-state index in [0.717, 1.165) is 0 Å². The molecule has 2 aromatic carbocycles. The second kappa shape index (κ2) is 7.96. The number of nitrogens with zero attached hydrogens (tertiary/aromatic N) is 1. The Morgan fingerprint density at radius 2 is 1.78 bits per heavy atom. The fourth-order valence-corrected chi connectivity index (χ4v) is 4.20. The molecule has 8 nitrogen and oxygen atoms in total. The second-order valence-electron chi connectivity index (χ2n) is 7.96. The van der Waals surface area contributed by atoms with E-state index < -0.39 is 5.63 Å². The van der Waals surface area contributed by atoms with Gasteiger partial charge in [-0.15, -0.1) is 0 Å². The van der Waals surface area contributed by atoms with Crippen LogP contribution in [0.3, 0.4) is 0 Å². The van der Waals surface area contributed by atoms with Crippen LogP contribution in [0.2, 0.25) is 0 Å². The van der Waals surface area contributed by atoms with Crippen LogP contribution in [0.4, 0.5) is 5.69 Å². The number of ether oxygens (including phenoxy) is 1. The molecule has 162 valence electrons. The number of carbonyl (C=O) groups is 3. The Kier molecular flexibility index (Phi) is 4.97. The van der Waals surface area contributed by atoms with Crippen LogP contribution in [0.5, 0.6) is 5.75 Å². The van der Waals surface area contributed by atoms with E-state index in [-0.39, 0.29) is 35.7 Å². The van der Waals surface area contributed by atoms with Crippen molar-refractivity contribution >= 4 is 34.3 Å². The smallest absolute Gasteiger partial charge is 0.349 e. The molecule has 0 radical (unpaired) electrons. The highest BCUT2D eigenvalue weighted by Gasteiger charge is 2.30. The molecule has 32 heavy (non-hydrogen) atoms. The molecular formula is C24H20N2O6. The maximum Gasteiger partial charge on any atom is 0.349 e. The Balaban J connectivity index is 1.28. The number of fused-ring (bicyclic) bond motifs is 2. The van der Waals surface area contributed by atoms with Crippen molar-refractivity contribution in [3.05, 3.63) is 70.1 Å². The zero-order valence-electron chi connectivity index (χ0n) is 17.1. The molecule has 0 atom stereocenters. The summed E-state index contributed by atoms with van der Waals surface area (Å²) in [4.78, 5) is 51.4. The number of piperidine rings is 1. The molecule has 3 aromatic rings. The average molecular weight is 432 g/mol. The van der Waals surface area contributed by atoms with Crippen LogP contribution in [0, 0.1) is 5.92 Å². The van der Waals surface area contributed by atoms with Crippen molar-refractivity contribution in [2.45, 2.75) is 12.8 Å². The van der Waals surface area contributed by atoms with E-state index in [1.54, 1.807) is 47.4 Å². The molecule has 0 bridgehead atoms. The zero-order valence-corrected chi connectivity index (χ0v) is 17.1. The summed E-state index contributed by atoms with van der Waals surface area (Å²) in [5, 5.41) is 3.39. The lowest BCUT2D eigenvalue weighted by Crippen LogP contribution is -2.41. The SMILES string of the molecule is O=C1COc2ccc(C(=O)C3CCN(C(=O)c4cc5ccccc5oc4=O)CC3)cc2N1. The summed E-state index contributed by atoms with van der Waals surface area (Å²) in [6.45, 7) is 0.695. The van der Waals surface area contributed by atoms with Crippen molar-refractivity contribution < 1.29 is 23.5 Å². The van der Waals surface area contributed by atoms with Crippen LogP contribution < -0.4 is 15.7 Å². The largest absolute Gasteiger partial charge is 0.482 e. The molecule has 1 fully saturated rings. The van der Waals surface area contributed by atoms with Gasteiger partial charge in [0.15, 0.2) is 12.4 Å². The molecule has 0 saturated carbocycles. The minimum absolute atomic E-state index is 0.00101. The summed E-state index contributed by atoms with van der Waals surface area (Å²) >= 11 is 0. The molecule has 8 heteroatoms. The van der Waals surface area contributed by atoms with E-state index in [1.165, 1.54) is 0 Å². The summed E-state index contributed by atoms with van der Waals surface area (Å²) in [7, 11) is 0. The van der Waals surface area contributed by atoms with Gasteiger partial charge in [-0.1, -0.05) is 18.2 Å². The first kappa shape index (κ1) is 20.0. The summed E-state index contributed by atoms with van der Waals surface area (Å²) < 4.78 is 10.6. The summed E-state index contributed by atoms with van der Waals surface area (Å²) in [5.74, 6) is -0.387. The van der Waals surface area contributed by atoms with E-state index in [0.29, 0.717) is 53.9 Å². The van der Waals surface area contributed by atoms with Crippen LogP contribution >= 0.6 is 0 Å². The number of amides is 2. The summed E-state index contributed by atoms with van der Waals surface area (Å²) in [5.41, 5.74) is 0.756. The number of rotatable bonds is 3. The molecule has 5 rings (SSSR count). The molecule has 1 N–H and O–H groups in total. The quantitative estimate of drug-likeness (QED) is 0.504. The van der Waals surface area contributed by atoms with E-state index >= 15 is 0 Å². The van der Waals surface area contributed by atoms with E-state index in [4.69, 9.17) is 9.15 Å². The Bertz CT molecular complexity index is 1300. The molecule has 1 aromatic heterocycles. The lowest BCUT2D eigenvalue weighted by Gasteiger charge is -2.31. The van der Waals surface area contributed by atoms with Crippen molar-refractivity contribution in [3.63, 3.8) is 0 Å². The first-order valence-electron chi connectivity index (χ1n) is 10.4. The van der Waals surface area contributed by atoms with Gasteiger partial charge in [0.2, 0.25) is 0 Å². The number of Topliss-reactive ketones (excluding diaryl/α,β-unsaturated/α-hetero) is 1. The minimum atomic E-state index is -0.662. The van der Waals surface area contributed by atoms with Crippen molar-refractivity contribution in [1.29, 1.82) is 0 Å². The highest BCUT2D eigenvalue weighted by atomic mass is 16.5. The Morgan fingerprint density at radius 3 is 2.59 bits per heavy atom. The molecule has 2 aliphatic rings. The number of ketones is 1. The van der Waals surface area contributed by atoms with E-state index in [9.17, 15) is 19.2 Å². The van der Waals surface area contributed by atoms with Crippen LogP contribution in [-0.4, -0.2) is 42.2 Å². The van der Waals surface area contributed by atoms with Crippen molar-refractivity contribution in [1.82, 2.24) is 4.90 Å². The first-order valence-corrected chi connectivity index (χ1v) is 10.4. The number of likely N-dealkylation sites (tertiary alicyclic amines) is 1. The minimum Gasteiger partial charge on any atom is -0.482 e. The van der Waals surface area contributed by atoms with Crippen molar-refractivity contribution in [2.75, 3.05) is 25.0 Å². The van der Waals surface area contributed by atoms with Gasteiger partial charge in [0.1, 0.15) is 16.9 Å². The zero-order chi connectivity index (χ0) is 22.2. The van der Waals surface area contributed by atoms with Gasteiger partial charge in [-0.3, -0.25) is 14.4 Å². The Hall–Kier alpha value is -3.94. The fourth-order valence-electron chi connectivity index (χ4n) is 4.20. The number of hydrogen-bond acceptors (Lipinski definition) is 6. The fraction of sp³-hybridized carbons (Fsp3) is 0.250. The number of benzene rings is 2. The highest BCUT2D eigenvalue weighted by molar-refractivity contribution is 6.02. The summed E-state index contributed by atoms with van der Waals surface area (Å²) in [6.07, 6.45) is 0.979. The topological polar surface area (TPSA) is 106 Å². The van der Waals surface area contributed by atoms with E-state index in [2.05, 4.69) is 5.32 Å². The number of carbonyl (C=O) groups excluding carboxylic acids is 3. The monoisotopic (exact) mass is 432 g/mol. The Labute approximate surface area is 182 Å². The molecule has 2 aliphatic heterocycles.